The normalized spacial score (nSPS) is 24.4. The van der Waals surface area contributed by atoms with E-state index in [0.29, 0.717) is 12.3 Å². The molecule has 3 heterocycles. The van der Waals surface area contributed by atoms with Crippen molar-refractivity contribution in [1.29, 1.82) is 0 Å². The molecule has 0 bridgehead atoms. The second-order valence-electron chi connectivity index (χ2n) is 8.05. The highest BCUT2D eigenvalue weighted by Gasteiger charge is 2.42. The van der Waals surface area contributed by atoms with Gasteiger partial charge in [-0.05, 0) is 47.2 Å². The summed E-state index contributed by atoms with van der Waals surface area (Å²) >= 11 is 0. The number of nitrogens with zero attached hydrogens (tertiary/aromatic N) is 5. The number of likely N-dealkylation sites (N-methyl/N-ethyl adjacent to an activating group) is 1. The maximum Gasteiger partial charge on any atom is 0.222 e. The molecule has 25 heavy (non-hydrogen) atoms. The molecule has 0 aromatic carbocycles. The molecule has 6 heteroatoms. The molecule has 0 radical (unpaired) electrons. The fourth-order valence-corrected chi connectivity index (χ4v) is 4.19. The molecule has 1 atom stereocenters. The van der Waals surface area contributed by atoms with E-state index >= 15 is 0 Å². The van der Waals surface area contributed by atoms with E-state index in [-0.39, 0.29) is 5.41 Å². The molecule has 138 valence electrons. The molecule has 0 unspecified atom stereocenters. The quantitative estimate of drug-likeness (QED) is 0.834. The van der Waals surface area contributed by atoms with Gasteiger partial charge in [-0.15, -0.1) is 0 Å². The Balaban J connectivity index is 1.75. The van der Waals surface area contributed by atoms with Crippen molar-refractivity contribution in [3.8, 4) is 0 Å². The van der Waals surface area contributed by atoms with Gasteiger partial charge in [0.15, 0.2) is 0 Å². The molecule has 1 aromatic rings. The van der Waals surface area contributed by atoms with E-state index in [2.05, 4.69) is 45.7 Å². The Morgan fingerprint density at radius 1 is 1.20 bits per heavy atom. The van der Waals surface area contributed by atoms with E-state index in [9.17, 15) is 4.79 Å². The molecule has 6 nitrogen and oxygen atoms in total. The first-order valence-corrected chi connectivity index (χ1v) is 9.36. The predicted octanol–water partition coefficient (Wildman–Crippen LogP) is 1.86. The molecule has 0 saturated carbocycles. The van der Waals surface area contributed by atoms with Crippen molar-refractivity contribution < 1.29 is 4.79 Å². The van der Waals surface area contributed by atoms with Crippen LogP contribution in [0.2, 0.25) is 0 Å². The van der Waals surface area contributed by atoms with Crippen molar-refractivity contribution in [2.75, 3.05) is 51.7 Å². The molecular formula is C19H31N5O. The first-order chi connectivity index (χ1) is 11.9. The van der Waals surface area contributed by atoms with Crippen LogP contribution in [0.15, 0.2) is 6.33 Å². The molecule has 3 rings (SSSR count). The van der Waals surface area contributed by atoms with E-state index in [0.717, 1.165) is 57.1 Å². The van der Waals surface area contributed by atoms with Gasteiger partial charge in [0.05, 0.1) is 0 Å². The van der Waals surface area contributed by atoms with E-state index in [1.807, 2.05) is 6.92 Å². The molecule has 2 aliphatic rings. The van der Waals surface area contributed by atoms with Crippen LogP contribution in [0.4, 0.5) is 5.82 Å². The van der Waals surface area contributed by atoms with Crippen LogP contribution in [0.5, 0.6) is 0 Å². The van der Waals surface area contributed by atoms with E-state index in [4.69, 9.17) is 0 Å². The van der Waals surface area contributed by atoms with Crippen LogP contribution in [0.1, 0.15) is 36.9 Å². The predicted molar refractivity (Wildman–Crippen MR) is 99.8 cm³/mol. The SMILES string of the molecule is Cc1ncnc(N2CCC[C@]3(CCC(=O)N(CCN(C)C)C3)C2)c1C. The second-order valence-corrected chi connectivity index (χ2v) is 8.05. The highest BCUT2D eigenvalue weighted by molar-refractivity contribution is 5.77. The Hall–Kier alpha value is -1.69. The summed E-state index contributed by atoms with van der Waals surface area (Å²) in [5.74, 6) is 1.39. The summed E-state index contributed by atoms with van der Waals surface area (Å²) in [7, 11) is 4.12. The Morgan fingerprint density at radius 3 is 2.76 bits per heavy atom. The number of hydrogen-bond acceptors (Lipinski definition) is 5. The van der Waals surface area contributed by atoms with Crippen molar-refractivity contribution in [3.63, 3.8) is 0 Å². The van der Waals surface area contributed by atoms with Crippen molar-refractivity contribution in [2.24, 2.45) is 5.41 Å². The molecular weight excluding hydrogens is 314 g/mol. The van der Waals surface area contributed by atoms with Gasteiger partial charge in [0.2, 0.25) is 5.91 Å². The number of aryl methyl sites for hydroxylation is 1. The van der Waals surface area contributed by atoms with Crippen molar-refractivity contribution in [1.82, 2.24) is 19.8 Å². The van der Waals surface area contributed by atoms with Gasteiger partial charge in [0, 0.05) is 55.8 Å². The number of carbonyl (C=O) groups excluding carboxylic acids is 1. The maximum absolute atomic E-state index is 12.4. The maximum atomic E-state index is 12.4. The smallest absolute Gasteiger partial charge is 0.222 e. The zero-order valence-electron chi connectivity index (χ0n) is 16.1. The molecule has 1 amide bonds. The van der Waals surface area contributed by atoms with E-state index in [1.54, 1.807) is 6.33 Å². The lowest BCUT2D eigenvalue weighted by atomic mass is 9.73. The highest BCUT2D eigenvalue weighted by atomic mass is 16.2. The summed E-state index contributed by atoms with van der Waals surface area (Å²) in [6.07, 6.45) is 5.73. The minimum Gasteiger partial charge on any atom is -0.356 e. The number of piperidine rings is 2. The third-order valence-electron chi connectivity index (χ3n) is 5.84. The summed E-state index contributed by atoms with van der Waals surface area (Å²) in [6.45, 7) is 8.84. The minimum absolute atomic E-state index is 0.212. The summed E-state index contributed by atoms with van der Waals surface area (Å²) < 4.78 is 0. The highest BCUT2D eigenvalue weighted by Crippen LogP contribution is 2.40. The van der Waals surface area contributed by atoms with Gasteiger partial charge < -0.3 is 14.7 Å². The first kappa shape index (κ1) is 18.1. The number of hydrogen-bond donors (Lipinski definition) is 0. The number of anilines is 1. The third kappa shape index (κ3) is 3.94. The zero-order valence-corrected chi connectivity index (χ0v) is 16.1. The topological polar surface area (TPSA) is 52.6 Å². The fraction of sp³-hybridized carbons (Fsp3) is 0.737. The van der Waals surface area contributed by atoms with Gasteiger partial charge in [-0.25, -0.2) is 9.97 Å². The first-order valence-electron chi connectivity index (χ1n) is 9.36. The lowest BCUT2D eigenvalue weighted by molar-refractivity contribution is -0.138. The molecule has 0 N–H and O–H groups in total. The molecule has 2 saturated heterocycles. The number of aromatic nitrogens is 2. The fourth-order valence-electron chi connectivity index (χ4n) is 4.19. The largest absolute Gasteiger partial charge is 0.356 e. The summed E-state index contributed by atoms with van der Waals surface area (Å²) in [4.78, 5) is 27.9. The average Bonchev–Trinajstić information content (AvgIpc) is 2.58. The van der Waals surface area contributed by atoms with Crippen LogP contribution in [-0.2, 0) is 4.79 Å². The number of likely N-dealkylation sites (tertiary alicyclic amines) is 1. The Labute approximate surface area is 151 Å². The van der Waals surface area contributed by atoms with Crippen LogP contribution in [-0.4, -0.2) is 72.5 Å². The van der Waals surface area contributed by atoms with Crippen LogP contribution in [0, 0.1) is 19.3 Å². The zero-order chi connectivity index (χ0) is 18.0. The number of amides is 1. The van der Waals surface area contributed by atoms with Crippen LogP contribution >= 0.6 is 0 Å². The van der Waals surface area contributed by atoms with Crippen molar-refractivity contribution in [2.45, 2.75) is 39.5 Å². The van der Waals surface area contributed by atoms with E-state index in [1.165, 1.54) is 12.0 Å². The molecule has 1 aromatic heterocycles. The van der Waals surface area contributed by atoms with Crippen molar-refractivity contribution >= 4 is 11.7 Å². The Bertz CT molecular complexity index is 632. The van der Waals surface area contributed by atoms with Gasteiger partial charge in [-0.1, -0.05) is 0 Å². The molecule has 2 fully saturated rings. The number of rotatable bonds is 4. The average molecular weight is 345 g/mol. The van der Waals surface area contributed by atoms with Gasteiger partial charge >= 0.3 is 0 Å². The van der Waals surface area contributed by atoms with Gasteiger partial charge in [-0.3, -0.25) is 4.79 Å². The Kier molecular flexibility index (Phi) is 5.27. The molecule has 1 spiro atoms. The molecule has 2 aliphatic heterocycles. The van der Waals surface area contributed by atoms with Crippen LogP contribution < -0.4 is 4.90 Å². The van der Waals surface area contributed by atoms with Gasteiger partial charge in [0.1, 0.15) is 12.1 Å². The summed E-state index contributed by atoms with van der Waals surface area (Å²) in [5.41, 5.74) is 2.44. The van der Waals surface area contributed by atoms with E-state index < -0.39 is 0 Å². The van der Waals surface area contributed by atoms with Crippen LogP contribution in [0.25, 0.3) is 0 Å². The second kappa shape index (κ2) is 7.28. The standard InChI is InChI=1S/C19H31N5O/c1-15-16(2)20-14-21-18(15)24-9-5-7-19(13-24)8-6-17(25)23(12-19)11-10-22(3)4/h14H,5-13H2,1-4H3/t19-/m1/s1. The molecule has 0 aliphatic carbocycles. The summed E-state index contributed by atoms with van der Waals surface area (Å²) in [6, 6.07) is 0. The minimum atomic E-state index is 0.212. The lowest BCUT2D eigenvalue weighted by Crippen LogP contribution is -2.55. The van der Waals surface area contributed by atoms with Gasteiger partial charge in [-0.2, -0.15) is 0 Å². The third-order valence-corrected chi connectivity index (χ3v) is 5.84. The van der Waals surface area contributed by atoms with Crippen LogP contribution in [0.3, 0.4) is 0 Å². The lowest BCUT2D eigenvalue weighted by Gasteiger charge is -2.49. The summed E-state index contributed by atoms with van der Waals surface area (Å²) in [5, 5.41) is 0. The number of carbonyl (C=O) groups is 1. The monoisotopic (exact) mass is 345 g/mol. The van der Waals surface area contributed by atoms with Crippen molar-refractivity contribution in [3.05, 3.63) is 17.6 Å². The Morgan fingerprint density at radius 2 is 2.00 bits per heavy atom. The van der Waals surface area contributed by atoms with Gasteiger partial charge in [0.25, 0.3) is 0 Å².